The van der Waals surface area contributed by atoms with E-state index in [-0.39, 0.29) is 0 Å². The van der Waals surface area contributed by atoms with E-state index in [1.807, 2.05) is 0 Å². The molecule has 0 unspecified atom stereocenters. The van der Waals surface area contributed by atoms with Crippen LogP contribution in [0.15, 0.2) is 0 Å². The highest BCUT2D eigenvalue weighted by molar-refractivity contribution is 6.76. The Labute approximate surface area is 293 Å². The molecule has 5 aliphatic heterocycles. The molecule has 48 heavy (non-hydrogen) atoms. The molecule has 0 aliphatic carbocycles. The van der Waals surface area contributed by atoms with Crippen LogP contribution < -0.4 is 0 Å². The zero-order chi connectivity index (χ0) is 36.7. The van der Waals surface area contributed by atoms with Gasteiger partial charge < -0.3 is 46.5 Å². The molecule has 0 spiro atoms. The topological polar surface area (TPSA) is 92.3 Å². The Morgan fingerprint density at radius 1 is 0.229 bits per heavy atom. The first-order valence-corrected chi connectivity index (χ1v) is 18.0. The second kappa shape index (κ2) is 11.2. The van der Waals surface area contributed by atoms with E-state index in [2.05, 4.69) is 138 Å². The van der Waals surface area contributed by atoms with Gasteiger partial charge in [0.2, 0.25) is 0 Å². The van der Waals surface area contributed by atoms with Gasteiger partial charge in [-0.1, -0.05) is 0 Å². The van der Waals surface area contributed by atoms with Crippen LogP contribution >= 0.6 is 0 Å². The van der Waals surface area contributed by atoms with Gasteiger partial charge in [0, 0.05) is 11.4 Å². The van der Waals surface area contributed by atoms with Crippen LogP contribution in [0.2, 0.25) is 17.3 Å². The molecule has 0 N–H and O–H groups in total. The molecule has 0 amide bonds. The number of hydrogen-bond donors (Lipinski definition) is 0. The highest BCUT2D eigenvalue weighted by Gasteiger charge is 2.73. The molecular formula is C33H63B5O10. The molecule has 5 fully saturated rings. The van der Waals surface area contributed by atoms with Crippen molar-refractivity contribution in [2.45, 2.75) is 212 Å². The van der Waals surface area contributed by atoms with Gasteiger partial charge in [-0.3, -0.25) is 0 Å². The van der Waals surface area contributed by atoms with Crippen LogP contribution in [0, 0.1) is 0 Å². The summed E-state index contributed by atoms with van der Waals surface area (Å²) in [7, 11) is -3.90. The highest BCUT2D eigenvalue weighted by Crippen LogP contribution is 2.59. The molecule has 10 nitrogen and oxygen atoms in total. The van der Waals surface area contributed by atoms with Crippen molar-refractivity contribution in [3.8, 4) is 0 Å². The molecule has 0 aromatic carbocycles. The van der Waals surface area contributed by atoms with Crippen LogP contribution in [0.25, 0.3) is 0 Å². The maximum atomic E-state index is 6.98. The summed E-state index contributed by atoms with van der Waals surface area (Å²) in [5.74, 6) is -0.597. The van der Waals surface area contributed by atoms with Gasteiger partial charge in [0.25, 0.3) is 0 Å². The lowest BCUT2D eigenvalue weighted by Gasteiger charge is -2.38. The van der Waals surface area contributed by atoms with Gasteiger partial charge in [-0.2, -0.15) is 0 Å². The molecule has 0 bridgehead atoms. The molecular weight excluding hydrogens is 610 g/mol. The number of hydrogen-bond acceptors (Lipinski definition) is 10. The Morgan fingerprint density at radius 2 is 0.354 bits per heavy atom. The summed E-state index contributed by atoms with van der Waals surface area (Å²) in [5.41, 5.74) is -7.59. The van der Waals surface area contributed by atoms with E-state index in [0.717, 1.165) is 0 Å². The van der Waals surface area contributed by atoms with Crippen molar-refractivity contribution in [1.29, 1.82) is 0 Å². The fourth-order valence-corrected chi connectivity index (χ4v) is 6.83. The third kappa shape index (κ3) is 6.13. The SMILES string of the molecule is CC1(C)OB(C(B2OC(C)(C)C(C)(C)O2)C(B2OC(C)(C)C(C)(C)O2)C(B2OC(C)(C)C(C)(C)O2)B2OC(C)(C)C(C)(C)O2)OC1(C)C. The third-order valence-corrected chi connectivity index (χ3v) is 13.8. The average Bonchev–Trinajstić information content (AvgIpc) is 3.44. The summed E-state index contributed by atoms with van der Waals surface area (Å²) in [6.45, 7) is 41.1. The summed E-state index contributed by atoms with van der Waals surface area (Å²) in [6, 6.07) is 0. The molecule has 0 saturated carbocycles. The maximum absolute atomic E-state index is 6.98. The zero-order valence-corrected chi connectivity index (χ0v) is 33.7. The Morgan fingerprint density at radius 3 is 0.500 bits per heavy atom. The van der Waals surface area contributed by atoms with Gasteiger partial charge in [-0.15, -0.1) is 0 Å². The Bertz CT molecular complexity index is 1020. The predicted molar refractivity (Wildman–Crippen MR) is 192 cm³/mol. The molecule has 0 aromatic heterocycles. The summed E-state index contributed by atoms with van der Waals surface area (Å²) >= 11 is 0. The van der Waals surface area contributed by atoms with Gasteiger partial charge in [-0.25, -0.2) is 0 Å². The molecule has 5 saturated heterocycles. The fourth-order valence-electron chi connectivity index (χ4n) is 6.83. The van der Waals surface area contributed by atoms with Crippen LogP contribution in [0.1, 0.15) is 138 Å². The third-order valence-electron chi connectivity index (χ3n) is 13.8. The zero-order valence-electron chi connectivity index (χ0n) is 33.7. The average molecular weight is 674 g/mol. The van der Waals surface area contributed by atoms with Crippen molar-refractivity contribution in [3.63, 3.8) is 0 Å². The van der Waals surface area contributed by atoms with Crippen molar-refractivity contribution < 1.29 is 46.5 Å². The standard InChI is InChI=1S/C33H63B5O10/c1-24(2)25(3,4)40-34(39-24)21(22(35-41-26(5,6)27(7,8)42-35)36-43-28(9,10)29(11,12)44-36)23(37-45-30(13,14)31(15,16)46-37)38-47-32(17,18)33(19,20)48-38/h21-23H,1-20H3. The monoisotopic (exact) mass is 674 g/mol. The fraction of sp³-hybridized carbons (Fsp3) is 1.00. The smallest absolute Gasteiger partial charge is 0.403 e. The first-order valence-electron chi connectivity index (χ1n) is 18.0. The minimum Gasteiger partial charge on any atom is -0.403 e. The van der Waals surface area contributed by atoms with E-state index in [4.69, 9.17) is 46.5 Å². The lowest BCUT2D eigenvalue weighted by molar-refractivity contribution is 0.00578. The van der Waals surface area contributed by atoms with E-state index in [1.54, 1.807) is 0 Å². The summed E-state index contributed by atoms with van der Waals surface area (Å²) in [5, 5.41) is 0. The minimum absolute atomic E-state index is 0.597. The predicted octanol–water partition coefficient (Wildman–Crippen LogP) is 6.64. The van der Waals surface area contributed by atoms with Crippen LogP contribution in [0.4, 0.5) is 0 Å². The normalized spacial score (nSPS) is 31.7. The minimum atomic E-state index is -0.791. The van der Waals surface area contributed by atoms with Gasteiger partial charge in [0.1, 0.15) is 0 Å². The molecule has 5 rings (SSSR count). The van der Waals surface area contributed by atoms with Crippen molar-refractivity contribution in [3.05, 3.63) is 0 Å². The van der Waals surface area contributed by atoms with E-state index in [1.165, 1.54) is 0 Å². The lowest BCUT2D eigenvalue weighted by atomic mass is 9.29. The van der Waals surface area contributed by atoms with Gasteiger partial charge >= 0.3 is 35.6 Å². The maximum Gasteiger partial charge on any atom is 0.459 e. The molecule has 5 heterocycles. The quantitative estimate of drug-likeness (QED) is 0.274. The Kier molecular flexibility index (Phi) is 9.15. The molecule has 15 heteroatoms. The Hall–Kier alpha value is -0.0753. The summed E-state index contributed by atoms with van der Waals surface area (Å²) < 4.78 is 69.2. The lowest BCUT2D eigenvalue weighted by Crippen LogP contribution is -2.53. The number of rotatable bonds is 7. The van der Waals surface area contributed by atoms with Crippen molar-refractivity contribution in [2.75, 3.05) is 0 Å². The van der Waals surface area contributed by atoms with Gasteiger partial charge in [-0.05, 0) is 144 Å². The highest BCUT2D eigenvalue weighted by atomic mass is 16.7. The van der Waals surface area contributed by atoms with Gasteiger partial charge in [0.05, 0.1) is 56.0 Å². The summed E-state index contributed by atoms with van der Waals surface area (Å²) in [6.07, 6.45) is 0. The molecule has 0 radical (unpaired) electrons. The van der Waals surface area contributed by atoms with Crippen molar-refractivity contribution in [1.82, 2.24) is 0 Å². The van der Waals surface area contributed by atoms with Crippen LogP contribution in [0.3, 0.4) is 0 Å². The van der Waals surface area contributed by atoms with Crippen LogP contribution in [-0.2, 0) is 46.5 Å². The molecule has 270 valence electrons. The summed E-state index contributed by atoms with van der Waals surface area (Å²) in [4.78, 5) is 0. The van der Waals surface area contributed by atoms with Gasteiger partial charge in [0.15, 0.2) is 0 Å². The second-order valence-corrected chi connectivity index (χ2v) is 19.9. The molecule has 5 aliphatic rings. The van der Waals surface area contributed by atoms with E-state index >= 15 is 0 Å². The van der Waals surface area contributed by atoms with Crippen LogP contribution in [-0.4, -0.2) is 91.6 Å². The van der Waals surface area contributed by atoms with Crippen molar-refractivity contribution in [2.24, 2.45) is 0 Å². The first kappa shape index (κ1) is 39.1. The largest absolute Gasteiger partial charge is 0.459 e. The Balaban J connectivity index is 1.75. The van der Waals surface area contributed by atoms with Crippen LogP contribution in [0.5, 0.6) is 0 Å². The van der Waals surface area contributed by atoms with E-state index in [9.17, 15) is 0 Å². The second-order valence-electron chi connectivity index (χ2n) is 19.9. The molecule has 0 aromatic rings. The van der Waals surface area contributed by atoms with E-state index < -0.39 is 109 Å². The molecule has 0 atom stereocenters. The van der Waals surface area contributed by atoms with E-state index in [0.29, 0.717) is 0 Å². The van der Waals surface area contributed by atoms with Crippen molar-refractivity contribution >= 4 is 35.6 Å². The first-order chi connectivity index (χ1) is 21.2.